The highest BCUT2D eigenvalue weighted by molar-refractivity contribution is 5.79. The quantitative estimate of drug-likeness (QED) is 0.771. The van der Waals surface area contributed by atoms with Crippen molar-refractivity contribution in [1.29, 1.82) is 0 Å². The molecule has 0 heterocycles. The van der Waals surface area contributed by atoms with E-state index in [2.05, 4.69) is 26.1 Å². The lowest BCUT2D eigenvalue weighted by Gasteiger charge is -2.32. The average Bonchev–Trinajstić information content (AvgIpc) is 2.28. The molecular formula is C13H26N2O. The van der Waals surface area contributed by atoms with Gasteiger partial charge in [0.1, 0.15) is 0 Å². The summed E-state index contributed by atoms with van der Waals surface area (Å²) in [5, 5.41) is 3.14. The highest BCUT2D eigenvalue weighted by Gasteiger charge is 2.31. The third-order valence-electron chi connectivity index (χ3n) is 3.91. The molecule has 1 amide bonds. The molecule has 3 heteroatoms. The summed E-state index contributed by atoms with van der Waals surface area (Å²) in [5.41, 5.74) is 5.94. The Labute approximate surface area is 99.2 Å². The van der Waals surface area contributed by atoms with Gasteiger partial charge in [-0.3, -0.25) is 4.79 Å². The van der Waals surface area contributed by atoms with Crippen LogP contribution in [0.3, 0.4) is 0 Å². The van der Waals surface area contributed by atoms with E-state index in [0.717, 1.165) is 32.1 Å². The van der Waals surface area contributed by atoms with Crippen LogP contribution in [0.25, 0.3) is 0 Å². The summed E-state index contributed by atoms with van der Waals surface area (Å²) in [7, 11) is 0. The van der Waals surface area contributed by atoms with Crippen molar-refractivity contribution in [3.63, 3.8) is 0 Å². The molecule has 3 unspecified atom stereocenters. The number of nitrogens with one attached hydrogen (secondary N) is 1. The van der Waals surface area contributed by atoms with Crippen LogP contribution in [-0.2, 0) is 4.79 Å². The Morgan fingerprint density at radius 2 is 2.00 bits per heavy atom. The zero-order valence-corrected chi connectivity index (χ0v) is 10.8. The molecule has 3 atom stereocenters. The normalized spacial score (nSPS) is 30.4. The lowest BCUT2D eigenvalue weighted by molar-refractivity contribution is -0.128. The number of nitrogens with two attached hydrogens (primary N) is 1. The van der Waals surface area contributed by atoms with Crippen molar-refractivity contribution < 1.29 is 4.79 Å². The third-order valence-corrected chi connectivity index (χ3v) is 3.91. The van der Waals surface area contributed by atoms with E-state index in [0.29, 0.717) is 12.0 Å². The van der Waals surface area contributed by atoms with Crippen molar-refractivity contribution in [2.45, 2.75) is 65.0 Å². The van der Waals surface area contributed by atoms with Gasteiger partial charge < -0.3 is 11.1 Å². The molecule has 16 heavy (non-hydrogen) atoms. The van der Waals surface area contributed by atoms with Gasteiger partial charge in [0, 0.05) is 18.0 Å². The minimum atomic E-state index is 0.129. The van der Waals surface area contributed by atoms with E-state index in [-0.39, 0.29) is 17.9 Å². The zero-order chi connectivity index (χ0) is 12.1. The minimum Gasteiger partial charge on any atom is -0.353 e. The Hall–Kier alpha value is -0.570. The summed E-state index contributed by atoms with van der Waals surface area (Å²) in [4.78, 5) is 12.1. The second-order valence-corrected chi connectivity index (χ2v) is 5.18. The second kappa shape index (κ2) is 6.24. The van der Waals surface area contributed by atoms with Crippen molar-refractivity contribution >= 4 is 5.91 Å². The zero-order valence-electron chi connectivity index (χ0n) is 10.8. The molecule has 94 valence electrons. The highest BCUT2D eigenvalue weighted by atomic mass is 16.1. The molecule has 0 spiro atoms. The number of amides is 1. The van der Waals surface area contributed by atoms with E-state index in [1.807, 2.05) is 0 Å². The van der Waals surface area contributed by atoms with Crippen molar-refractivity contribution in [3.8, 4) is 0 Å². The van der Waals surface area contributed by atoms with E-state index in [1.54, 1.807) is 0 Å². The van der Waals surface area contributed by atoms with Gasteiger partial charge in [-0.05, 0) is 38.0 Å². The second-order valence-electron chi connectivity index (χ2n) is 5.18. The maximum absolute atomic E-state index is 12.1. The molecule has 1 aliphatic rings. The summed E-state index contributed by atoms with van der Waals surface area (Å²) < 4.78 is 0. The van der Waals surface area contributed by atoms with Gasteiger partial charge in [0.2, 0.25) is 5.91 Å². The summed E-state index contributed by atoms with van der Waals surface area (Å²) in [6.45, 7) is 6.40. The number of hydrogen-bond donors (Lipinski definition) is 2. The van der Waals surface area contributed by atoms with E-state index in [9.17, 15) is 4.79 Å². The van der Waals surface area contributed by atoms with E-state index in [1.165, 1.54) is 0 Å². The van der Waals surface area contributed by atoms with Crippen LogP contribution in [0, 0.1) is 11.8 Å². The Kier molecular flexibility index (Phi) is 5.26. The molecular weight excluding hydrogens is 200 g/mol. The number of carbonyl (C=O) groups excluding carboxylic acids is 1. The maximum atomic E-state index is 12.1. The van der Waals surface area contributed by atoms with Crippen LogP contribution in [0.1, 0.15) is 52.9 Å². The molecule has 0 aromatic carbocycles. The van der Waals surface area contributed by atoms with Crippen LogP contribution >= 0.6 is 0 Å². The van der Waals surface area contributed by atoms with Gasteiger partial charge >= 0.3 is 0 Å². The molecule has 0 aromatic rings. The first-order valence-electron chi connectivity index (χ1n) is 6.64. The highest BCUT2D eigenvalue weighted by Crippen LogP contribution is 2.29. The molecule has 0 bridgehead atoms. The molecule has 1 fully saturated rings. The third kappa shape index (κ3) is 3.48. The first kappa shape index (κ1) is 13.5. The predicted octanol–water partition coefficient (Wildman–Crippen LogP) is 2.05. The molecule has 3 nitrogen and oxygen atoms in total. The fourth-order valence-corrected chi connectivity index (χ4v) is 2.52. The Morgan fingerprint density at radius 3 is 2.56 bits per heavy atom. The van der Waals surface area contributed by atoms with Gasteiger partial charge in [0.15, 0.2) is 0 Å². The smallest absolute Gasteiger partial charge is 0.223 e. The van der Waals surface area contributed by atoms with Crippen LogP contribution < -0.4 is 11.1 Å². The summed E-state index contributed by atoms with van der Waals surface area (Å²) in [5.74, 6) is 0.829. The summed E-state index contributed by atoms with van der Waals surface area (Å²) >= 11 is 0. The Balaban J connectivity index is 2.51. The number of rotatable bonds is 4. The molecule has 1 rings (SSSR count). The number of carbonyl (C=O) groups is 1. The van der Waals surface area contributed by atoms with Crippen LogP contribution in [0.5, 0.6) is 0 Å². The fraction of sp³-hybridized carbons (Fsp3) is 0.923. The van der Waals surface area contributed by atoms with Gasteiger partial charge in [0.25, 0.3) is 0 Å². The van der Waals surface area contributed by atoms with E-state index >= 15 is 0 Å². The topological polar surface area (TPSA) is 55.1 Å². The molecule has 0 aromatic heterocycles. The van der Waals surface area contributed by atoms with Crippen molar-refractivity contribution in [2.75, 3.05) is 0 Å². The first-order chi connectivity index (χ1) is 7.58. The molecule has 0 saturated heterocycles. The van der Waals surface area contributed by atoms with Crippen LogP contribution in [0.15, 0.2) is 0 Å². The monoisotopic (exact) mass is 226 g/mol. The fourth-order valence-electron chi connectivity index (χ4n) is 2.52. The SMILES string of the molecule is CCC(CC)NC(=O)C1CC(N)CCC1C. The number of hydrogen-bond acceptors (Lipinski definition) is 2. The molecule has 1 saturated carbocycles. The first-order valence-corrected chi connectivity index (χ1v) is 6.64. The molecule has 1 aliphatic carbocycles. The predicted molar refractivity (Wildman–Crippen MR) is 67.0 cm³/mol. The van der Waals surface area contributed by atoms with Crippen LogP contribution in [-0.4, -0.2) is 18.0 Å². The van der Waals surface area contributed by atoms with Crippen molar-refractivity contribution in [1.82, 2.24) is 5.32 Å². The molecule has 3 N–H and O–H groups in total. The lowest BCUT2D eigenvalue weighted by atomic mass is 9.77. The van der Waals surface area contributed by atoms with Gasteiger partial charge in [-0.1, -0.05) is 20.8 Å². The van der Waals surface area contributed by atoms with Crippen molar-refractivity contribution in [2.24, 2.45) is 17.6 Å². The van der Waals surface area contributed by atoms with E-state index in [4.69, 9.17) is 5.73 Å². The van der Waals surface area contributed by atoms with Crippen molar-refractivity contribution in [3.05, 3.63) is 0 Å². The Bertz CT molecular complexity index is 226. The Morgan fingerprint density at radius 1 is 1.38 bits per heavy atom. The molecule has 0 aliphatic heterocycles. The standard InChI is InChI=1S/C13H26N2O/c1-4-11(5-2)15-13(16)12-8-10(14)7-6-9(12)3/h9-12H,4-8,14H2,1-3H3,(H,15,16). The summed E-state index contributed by atoms with van der Waals surface area (Å²) in [6.07, 6.45) is 5.02. The van der Waals surface area contributed by atoms with E-state index < -0.39 is 0 Å². The van der Waals surface area contributed by atoms with Gasteiger partial charge in [-0.25, -0.2) is 0 Å². The summed E-state index contributed by atoms with van der Waals surface area (Å²) in [6, 6.07) is 0.548. The maximum Gasteiger partial charge on any atom is 0.223 e. The lowest BCUT2D eigenvalue weighted by Crippen LogP contribution is -2.44. The molecule has 0 radical (unpaired) electrons. The van der Waals surface area contributed by atoms with Gasteiger partial charge in [-0.2, -0.15) is 0 Å². The minimum absolute atomic E-state index is 0.129. The van der Waals surface area contributed by atoms with Crippen LogP contribution in [0.4, 0.5) is 0 Å². The van der Waals surface area contributed by atoms with Gasteiger partial charge in [-0.15, -0.1) is 0 Å². The largest absolute Gasteiger partial charge is 0.353 e. The van der Waals surface area contributed by atoms with Gasteiger partial charge in [0.05, 0.1) is 0 Å². The van der Waals surface area contributed by atoms with Crippen LogP contribution in [0.2, 0.25) is 0 Å². The average molecular weight is 226 g/mol.